The molecule has 1 aliphatic carbocycles. The van der Waals surface area contributed by atoms with Crippen molar-refractivity contribution in [3.63, 3.8) is 0 Å². The maximum atomic E-state index is 12.8. The maximum Gasteiger partial charge on any atom is 0.341 e. The van der Waals surface area contributed by atoms with Crippen LogP contribution in [-0.2, 0) is 9.53 Å². The number of rotatable bonds is 8. The van der Waals surface area contributed by atoms with E-state index in [4.69, 9.17) is 4.74 Å². The summed E-state index contributed by atoms with van der Waals surface area (Å²) >= 11 is 1.11. The van der Waals surface area contributed by atoms with E-state index in [0.717, 1.165) is 17.8 Å². The Bertz CT molecular complexity index is 917. The van der Waals surface area contributed by atoms with Crippen LogP contribution in [0.1, 0.15) is 77.5 Å². The minimum absolute atomic E-state index is 0.132. The normalized spacial score (nSPS) is 14.1. The van der Waals surface area contributed by atoms with Crippen molar-refractivity contribution >= 4 is 39.8 Å². The van der Waals surface area contributed by atoms with Crippen LogP contribution < -0.4 is 10.6 Å². The van der Waals surface area contributed by atoms with Gasteiger partial charge in [0.2, 0.25) is 5.91 Å². The third-order valence-corrected chi connectivity index (χ3v) is 6.83. The number of ether oxygens (including phenoxy) is 1. The number of nitrogens with one attached hydrogen (secondary N) is 2. The molecule has 2 N–H and O–H groups in total. The van der Waals surface area contributed by atoms with E-state index in [1.165, 1.54) is 32.1 Å². The molecule has 0 unspecified atom stereocenters. The van der Waals surface area contributed by atoms with E-state index in [9.17, 15) is 14.4 Å². The molecule has 7 heteroatoms. The van der Waals surface area contributed by atoms with E-state index < -0.39 is 5.97 Å². The number of esters is 1. The van der Waals surface area contributed by atoms with Crippen LogP contribution in [0.3, 0.4) is 0 Å². The fraction of sp³-hybridized carbons (Fsp3) is 0.458. The molecule has 2 amide bonds. The summed E-state index contributed by atoms with van der Waals surface area (Å²) < 4.78 is 5.18. The minimum Gasteiger partial charge on any atom is -0.462 e. The zero-order chi connectivity index (χ0) is 22.2. The van der Waals surface area contributed by atoms with Crippen LogP contribution in [0.25, 0.3) is 0 Å². The van der Waals surface area contributed by atoms with Gasteiger partial charge in [-0.3, -0.25) is 9.59 Å². The van der Waals surface area contributed by atoms with E-state index >= 15 is 0 Å². The Morgan fingerprint density at radius 3 is 2.45 bits per heavy atom. The van der Waals surface area contributed by atoms with Crippen LogP contribution in [0.5, 0.6) is 0 Å². The van der Waals surface area contributed by atoms with Crippen molar-refractivity contribution in [2.24, 2.45) is 5.92 Å². The van der Waals surface area contributed by atoms with Gasteiger partial charge in [0, 0.05) is 12.1 Å². The lowest BCUT2D eigenvalue weighted by molar-refractivity contribution is -0.116. The van der Waals surface area contributed by atoms with E-state index in [1.54, 1.807) is 26.0 Å². The highest BCUT2D eigenvalue weighted by Gasteiger charge is 2.27. The third kappa shape index (κ3) is 6.17. The Morgan fingerprint density at radius 2 is 1.77 bits per heavy atom. The van der Waals surface area contributed by atoms with Gasteiger partial charge in [0.15, 0.2) is 0 Å². The number of hydrogen-bond donors (Lipinski definition) is 2. The van der Waals surface area contributed by atoms with Gasteiger partial charge in [0.25, 0.3) is 5.91 Å². The zero-order valence-electron chi connectivity index (χ0n) is 18.2. The van der Waals surface area contributed by atoms with Crippen LogP contribution in [-0.4, -0.2) is 24.4 Å². The van der Waals surface area contributed by atoms with E-state index in [-0.39, 0.29) is 24.0 Å². The maximum absolute atomic E-state index is 12.8. The summed E-state index contributed by atoms with van der Waals surface area (Å²) in [5, 5.41) is 6.08. The predicted molar refractivity (Wildman–Crippen MR) is 124 cm³/mol. The number of hydrogen-bond acceptors (Lipinski definition) is 5. The predicted octanol–water partition coefficient (Wildman–Crippen LogP) is 5.78. The highest BCUT2D eigenvalue weighted by atomic mass is 32.1. The molecule has 166 valence electrons. The van der Waals surface area contributed by atoms with Crippen molar-refractivity contribution in [2.75, 3.05) is 17.2 Å². The number of carbonyl (C=O) groups is 3. The summed E-state index contributed by atoms with van der Waals surface area (Å²) in [6.07, 6.45) is 7.40. The molecule has 0 radical (unpaired) electrons. The molecule has 0 bridgehead atoms. The molecule has 1 aromatic carbocycles. The summed E-state index contributed by atoms with van der Waals surface area (Å²) in [7, 11) is 0. The Balaban J connectivity index is 1.75. The molecule has 1 aromatic heterocycles. The smallest absolute Gasteiger partial charge is 0.341 e. The number of benzene rings is 1. The number of carbonyl (C=O) groups excluding carboxylic acids is 3. The second-order valence-electron chi connectivity index (χ2n) is 7.89. The number of thiophene rings is 1. The molecule has 6 nitrogen and oxygen atoms in total. The SMILES string of the molecule is CCOC(=O)c1c(NC(=O)CCC2CCCCC2)sc(C(=O)Nc2ccccc2)c1C. The first kappa shape index (κ1) is 23.0. The molecule has 3 rings (SSSR count). The summed E-state index contributed by atoms with van der Waals surface area (Å²) in [4.78, 5) is 38.4. The van der Waals surface area contributed by atoms with Gasteiger partial charge in [-0.2, -0.15) is 0 Å². The van der Waals surface area contributed by atoms with Crippen LogP contribution >= 0.6 is 11.3 Å². The lowest BCUT2D eigenvalue weighted by Crippen LogP contribution is -2.16. The van der Waals surface area contributed by atoms with Crippen molar-refractivity contribution in [1.29, 1.82) is 0 Å². The fourth-order valence-corrected chi connectivity index (χ4v) is 5.08. The first-order chi connectivity index (χ1) is 15.0. The van der Waals surface area contributed by atoms with Crippen molar-refractivity contribution in [1.82, 2.24) is 0 Å². The monoisotopic (exact) mass is 442 g/mol. The lowest BCUT2D eigenvalue weighted by Gasteiger charge is -2.20. The highest BCUT2D eigenvalue weighted by molar-refractivity contribution is 7.18. The Morgan fingerprint density at radius 1 is 1.06 bits per heavy atom. The van der Waals surface area contributed by atoms with Gasteiger partial charge in [-0.1, -0.05) is 50.3 Å². The van der Waals surface area contributed by atoms with Gasteiger partial charge >= 0.3 is 5.97 Å². The lowest BCUT2D eigenvalue weighted by atomic mass is 9.86. The Hall–Kier alpha value is -2.67. The highest BCUT2D eigenvalue weighted by Crippen LogP contribution is 2.35. The summed E-state index contributed by atoms with van der Waals surface area (Å²) in [6.45, 7) is 3.65. The molecule has 0 atom stereocenters. The van der Waals surface area contributed by atoms with Crippen molar-refractivity contribution in [3.05, 3.63) is 46.3 Å². The van der Waals surface area contributed by atoms with Gasteiger partial charge in [0.1, 0.15) is 5.00 Å². The average molecular weight is 443 g/mol. The molecule has 1 fully saturated rings. The van der Waals surface area contributed by atoms with Gasteiger partial charge in [-0.05, 0) is 43.9 Å². The number of amides is 2. The van der Waals surface area contributed by atoms with Gasteiger partial charge < -0.3 is 15.4 Å². The standard InChI is InChI=1S/C24H30N2O4S/c1-3-30-24(29)20-16(2)21(22(28)25-18-12-8-5-9-13-18)31-23(20)26-19(27)15-14-17-10-6-4-7-11-17/h5,8-9,12-13,17H,3-4,6-7,10-11,14-15H2,1-2H3,(H,25,28)(H,26,27). The first-order valence-electron chi connectivity index (χ1n) is 11.0. The number of para-hydroxylation sites is 1. The van der Waals surface area contributed by atoms with Gasteiger partial charge in [-0.25, -0.2) is 4.79 Å². The van der Waals surface area contributed by atoms with Crippen LogP contribution in [0.2, 0.25) is 0 Å². The first-order valence-corrected chi connectivity index (χ1v) is 11.8. The van der Waals surface area contributed by atoms with Crippen LogP contribution in [0, 0.1) is 12.8 Å². The molecular formula is C24H30N2O4S. The van der Waals surface area contributed by atoms with Crippen molar-refractivity contribution < 1.29 is 19.1 Å². The third-order valence-electron chi connectivity index (χ3n) is 5.62. The Kier molecular flexibility index (Phi) is 8.23. The van der Waals surface area contributed by atoms with Gasteiger partial charge in [-0.15, -0.1) is 11.3 Å². The van der Waals surface area contributed by atoms with Gasteiger partial charge in [0.05, 0.1) is 17.0 Å². The van der Waals surface area contributed by atoms with E-state index in [0.29, 0.717) is 33.5 Å². The fourth-order valence-electron chi connectivity index (χ4n) is 3.98. The van der Waals surface area contributed by atoms with E-state index in [2.05, 4.69) is 10.6 Å². The topological polar surface area (TPSA) is 84.5 Å². The molecule has 1 saturated carbocycles. The summed E-state index contributed by atoms with van der Waals surface area (Å²) in [5.41, 5.74) is 1.44. The summed E-state index contributed by atoms with van der Waals surface area (Å²) in [6, 6.07) is 9.12. The van der Waals surface area contributed by atoms with Crippen LogP contribution in [0.4, 0.5) is 10.7 Å². The molecule has 2 aromatic rings. The second kappa shape index (κ2) is 11.1. The quantitative estimate of drug-likeness (QED) is 0.507. The Labute approximate surface area is 187 Å². The molecule has 0 aliphatic heterocycles. The zero-order valence-corrected chi connectivity index (χ0v) is 19.0. The average Bonchev–Trinajstić information content (AvgIpc) is 3.09. The van der Waals surface area contributed by atoms with Crippen molar-refractivity contribution in [3.8, 4) is 0 Å². The molecule has 1 aliphatic rings. The summed E-state index contributed by atoms with van der Waals surface area (Å²) in [5.74, 6) is -0.381. The molecular weight excluding hydrogens is 412 g/mol. The van der Waals surface area contributed by atoms with E-state index in [1.807, 2.05) is 18.2 Å². The minimum atomic E-state index is -0.530. The molecule has 1 heterocycles. The largest absolute Gasteiger partial charge is 0.462 e. The number of anilines is 2. The second-order valence-corrected chi connectivity index (χ2v) is 8.91. The van der Waals surface area contributed by atoms with Crippen molar-refractivity contribution in [2.45, 2.75) is 58.8 Å². The van der Waals surface area contributed by atoms with Crippen LogP contribution in [0.15, 0.2) is 30.3 Å². The molecule has 31 heavy (non-hydrogen) atoms. The molecule has 0 spiro atoms. The molecule has 0 saturated heterocycles.